The van der Waals surface area contributed by atoms with E-state index < -0.39 is 0 Å². The molecule has 0 spiro atoms. The highest BCUT2D eigenvalue weighted by Crippen LogP contribution is 2.39. The van der Waals surface area contributed by atoms with Gasteiger partial charge in [0.1, 0.15) is 0 Å². The van der Waals surface area contributed by atoms with Crippen LogP contribution in [0.1, 0.15) is 0 Å². The molecule has 7 rings (SSSR count). The quantitative estimate of drug-likeness (QED) is 0.246. The fourth-order valence-corrected chi connectivity index (χ4v) is 5.48. The molecule has 0 fully saturated rings. The average molecular weight is 475 g/mol. The van der Waals surface area contributed by atoms with Gasteiger partial charge in [-0.15, -0.1) is 0 Å². The average Bonchev–Trinajstić information content (AvgIpc) is 3.23. The molecule has 7 aromatic rings. The Kier molecular flexibility index (Phi) is 5.04. The summed E-state index contributed by atoms with van der Waals surface area (Å²) in [5.41, 5.74) is 8.35. The normalized spacial score (nSPS) is 11.4. The first-order valence-corrected chi connectivity index (χ1v) is 12.7. The lowest BCUT2D eigenvalue weighted by molar-refractivity contribution is 1.01. The van der Waals surface area contributed by atoms with Crippen LogP contribution in [0.5, 0.6) is 0 Å². The Balaban J connectivity index is 1.41. The van der Waals surface area contributed by atoms with Crippen LogP contribution in [0.2, 0.25) is 0 Å². The molecule has 0 unspecified atom stereocenters. The van der Waals surface area contributed by atoms with Gasteiger partial charge in [-0.25, -0.2) is 0 Å². The van der Waals surface area contributed by atoms with E-state index >= 15 is 0 Å². The standard InChI is InChI=1S/C35H26N2/c1-36-34-21-20-31(24-33(34)32-22-27-12-8-9-13-28(27)23-35(32)36)37(29-14-6-3-7-15-29)30-18-16-26(17-19-30)25-10-4-2-5-11-25/h2-24H,1H3. The number of anilines is 3. The van der Waals surface area contributed by atoms with Crippen molar-refractivity contribution in [3.63, 3.8) is 0 Å². The lowest BCUT2D eigenvalue weighted by atomic mass is 10.0. The largest absolute Gasteiger partial charge is 0.344 e. The van der Waals surface area contributed by atoms with Gasteiger partial charge in [-0.1, -0.05) is 84.9 Å². The van der Waals surface area contributed by atoms with Gasteiger partial charge in [0.15, 0.2) is 0 Å². The lowest BCUT2D eigenvalue weighted by Crippen LogP contribution is -2.09. The Morgan fingerprint density at radius 1 is 0.432 bits per heavy atom. The number of hydrogen-bond acceptors (Lipinski definition) is 1. The highest BCUT2D eigenvalue weighted by molar-refractivity contribution is 6.13. The number of aromatic nitrogens is 1. The number of benzene rings is 6. The number of para-hydroxylation sites is 1. The van der Waals surface area contributed by atoms with Gasteiger partial charge < -0.3 is 9.47 Å². The Morgan fingerprint density at radius 2 is 0.973 bits per heavy atom. The highest BCUT2D eigenvalue weighted by Gasteiger charge is 2.16. The number of fused-ring (bicyclic) bond motifs is 4. The number of hydrogen-bond donors (Lipinski definition) is 0. The third-order valence-corrected chi connectivity index (χ3v) is 7.36. The molecule has 0 radical (unpaired) electrons. The lowest BCUT2D eigenvalue weighted by Gasteiger charge is -2.26. The monoisotopic (exact) mass is 474 g/mol. The second kappa shape index (κ2) is 8.69. The summed E-state index contributed by atoms with van der Waals surface area (Å²) in [5.74, 6) is 0. The smallest absolute Gasteiger partial charge is 0.0495 e. The van der Waals surface area contributed by atoms with Crippen LogP contribution in [-0.2, 0) is 7.05 Å². The van der Waals surface area contributed by atoms with E-state index in [1.165, 1.54) is 43.7 Å². The molecule has 0 bridgehead atoms. The molecule has 176 valence electrons. The third-order valence-electron chi connectivity index (χ3n) is 7.36. The van der Waals surface area contributed by atoms with Gasteiger partial charge in [0.05, 0.1) is 0 Å². The Bertz CT molecular complexity index is 1860. The Hall–Kier alpha value is -4.82. The second-order valence-corrected chi connectivity index (χ2v) is 9.56. The van der Waals surface area contributed by atoms with Crippen LogP contribution >= 0.6 is 0 Å². The van der Waals surface area contributed by atoms with Crippen molar-refractivity contribution >= 4 is 49.6 Å². The summed E-state index contributed by atoms with van der Waals surface area (Å²) < 4.78 is 2.31. The van der Waals surface area contributed by atoms with Crippen LogP contribution in [0.4, 0.5) is 17.1 Å². The van der Waals surface area contributed by atoms with Crippen LogP contribution in [-0.4, -0.2) is 4.57 Å². The van der Waals surface area contributed by atoms with Crippen LogP contribution < -0.4 is 4.90 Å². The van der Waals surface area contributed by atoms with E-state index in [9.17, 15) is 0 Å². The van der Waals surface area contributed by atoms with Gasteiger partial charge in [-0.3, -0.25) is 0 Å². The molecule has 0 atom stereocenters. The predicted octanol–water partition coefficient (Wildman–Crippen LogP) is 9.62. The van der Waals surface area contributed by atoms with Crippen molar-refractivity contribution in [2.75, 3.05) is 4.90 Å². The molecule has 0 aliphatic carbocycles. The number of aryl methyl sites for hydroxylation is 1. The maximum atomic E-state index is 2.34. The molecular formula is C35H26N2. The molecule has 1 heterocycles. The first-order chi connectivity index (χ1) is 18.3. The fourth-order valence-electron chi connectivity index (χ4n) is 5.48. The summed E-state index contributed by atoms with van der Waals surface area (Å²) in [4.78, 5) is 2.34. The minimum atomic E-state index is 1.14. The maximum absolute atomic E-state index is 2.34. The molecule has 0 saturated heterocycles. The van der Waals surface area contributed by atoms with Crippen molar-refractivity contribution in [3.8, 4) is 11.1 Å². The van der Waals surface area contributed by atoms with E-state index in [4.69, 9.17) is 0 Å². The van der Waals surface area contributed by atoms with Gasteiger partial charge in [0.25, 0.3) is 0 Å². The predicted molar refractivity (Wildman–Crippen MR) is 158 cm³/mol. The van der Waals surface area contributed by atoms with Crippen molar-refractivity contribution in [2.24, 2.45) is 7.05 Å². The SMILES string of the molecule is Cn1c2ccc(N(c3ccccc3)c3ccc(-c4ccccc4)cc3)cc2c2cc3ccccc3cc21. The van der Waals surface area contributed by atoms with E-state index in [1.54, 1.807) is 0 Å². The van der Waals surface area contributed by atoms with Gasteiger partial charge in [-0.05, 0) is 76.5 Å². The summed E-state index contributed by atoms with van der Waals surface area (Å²) in [6.07, 6.45) is 0. The summed E-state index contributed by atoms with van der Waals surface area (Å²) in [6, 6.07) is 50.1. The second-order valence-electron chi connectivity index (χ2n) is 9.56. The van der Waals surface area contributed by atoms with Crippen LogP contribution in [0.3, 0.4) is 0 Å². The van der Waals surface area contributed by atoms with Crippen molar-refractivity contribution in [1.29, 1.82) is 0 Å². The van der Waals surface area contributed by atoms with E-state index in [1.807, 2.05) is 0 Å². The highest BCUT2D eigenvalue weighted by atomic mass is 15.1. The Morgan fingerprint density at radius 3 is 1.70 bits per heavy atom. The Labute approximate surface area is 216 Å². The zero-order valence-corrected chi connectivity index (χ0v) is 20.7. The maximum Gasteiger partial charge on any atom is 0.0495 e. The molecule has 1 aromatic heterocycles. The van der Waals surface area contributed by atoms with E-state index in [0.717, 1.165) is 17.1 Å². The van der Waals surface area contributed by atoms with Crippen molar-refractivity contribution < 1.29 is 0 Å². The van der Waals surface area contributed by atoms with Crippen molar-refractivity contribution in [1.82, 2.24) is 4.57 Å². The first-order valence-electron chi connectivity index (χ1n) is 12.7. The molecule has 6 aromatic carbocycles. The molecule has 0 aliphatic rings. The zero-order chi connectivity index (χ0) is 24.8. The van der Waals surface area contributed by atoms with E-state index in [-0.39, 0.29) is 0 Å². The van der Waals surface area contributed by atoms with E-state index in [0.29, 0.717) is 0 Å². The van der Waals surface area contributed by atoms with E-state index in [2.05, 4.69) is 156 Å². The van der Waals surface area contributed by atoms with Gasteiger partial charge >= 0.3 is 0 Å². The zero-order valence-electron chi connectivity index (χ0n) is 20.7. The number of nitrogens with zero attached hydrogens (tertiary/aromatic N) is 2. The van der Waals surface area contributed by atoms with Gasteiger partial charge in [0.2, 0.25) is 0 Å². The van der Waals surface area contributed by atoms with Crippen molar-refractivity contribution in [3.05, 3.63) is 140 Å². The fraction of sp³-hybridized carbons (Fsp3) is 0.0286. The van der Waals surface area contributed by atoms with Crippen LogP contribution in [0.15, 0.2) is 140 Å². The van der Waals surface area contributed by atoms with Gasteiger partial charge in [0, 0.05) is 45.9 Å². The number of rotatable bonds is 4. The topological polar surface area (TPSA) is 8.17 Å². The van der Waals surface area contributed by atoms with Gasteiger partial charge in [-0.2, -0.15) is 0 Å². The molecule has 0 N–H and O–H groups in total. The molecule has 2 nitrogen and oxygen atoms in total. The molecule has 2 heteroatoms. The molecular weight excluding hydrogens is 448 g/mol. The molecule has 37 heavy (non-hydrogen) atoms. The third kappa shape index (κ3) is 3.66. The summed E-state index contributed by atoms with van der Waals surface area (Å²) in [7, 11) is 2.16. The molecule has 0 saturated carbocycles. The van der Waals surface area contributed by atoms with Crippen LogP contribution in [0.25, 0.3) is 43.7 Å². The minimum Gasteiger partial charge on any atom is -0.344 e. The van der Waals surface area contributed by atoms with Crippen LogP contribution in [0, 0.1) is 0 Å². The molecule has 0 aliphatic heterocycles. The summed E-state index contributed by atoms with van der Waals surface area (Å²) in [5, 5.41) is 5.09. The summed E-state index contributed by atoms with van der Waals surface area (Å²) >= 11 is 0. The molecule has 0 amide bonds. The first kappa shape index (κ1) is 21.5. The van der Waals surface area contributed by atoms with Crippen molar-refractivity contribution in [2.45, 2.75) is 0 Å². The summed E-state index contributed by atoms with van der Waals surface area (Å²) in [6.45, 7) is 0. The minimum absolute atomic E-state index is 1.14.